The van der Waals surface area contributed by atoms with Gasteiger partial charge in [0.2, 0.25) is 0 Å². The quantitative estimate of drug-likeness (QED) is 0.730. The molecule has 0 amide bonds. The number of nitrogens with one attached hydrogen (secondary N) is 1. The van der Waals surface area contributed by atoms with E-state index in [0.717, 1.165) is 10.9 Å². The number of phenols is 1. The second-order valence-corrected chi connectivity index (χ2v) is 4.12. The first-order valence-corrected chi connectivity index (χ1v) is 5.74. The first kappa shape index (κ1) is 11.2. The summed E-state index contributed by atoms with van der Waals surface area (Å²) in [4.78, 5) is 3.03. The fourth-order valence-corrected chi connectivity index (χ4v) is 1.91. The average molecular weight is 250 g/mol. The molecule has 0 saturated carbocycles. The number of aromatic amines is 1. The van der Waals surface area contributed by atoms with Crippen LogP contribution in [0.3, 0.4) is 0 Å². The molecule has 0 unspecified atom stereocenters. The van der Waals surface area contributed by atoms with Gasteiger partial charge in [-0.05, 0) is 42.5 Å². The van der Waals surface area contributed by atoms with Crippen molar-refractivity contribution in [3.05, 3.63) is 54.2 Å². The summed E-state index contributed by atoms with van der Waals surface area (Å²) in [5.74, 6) is 1.47. The Morgan fingerprint density at radius 1 is 1.05 bits per heavy atom. The van der Waals surface area contributed by atoms with Crippen LogP contribution in [-0.2, 0) is 0 Å². The van der Waals surface area contributed by atoms with Gasteiger partial charge >= 0.3 is 0 Å². The van der Waals surface area contributed by atoms with Crippen LogP contribution in [0.2, 0.25) is 0 Å². The second-order valence-electron chi connectivity index (χ2n) is 4.12. The lowest BCUT2D eigenvalue weighted by Gasteiger charge is -2.05. The van der Waals surface area contributed by atoms with Crippen molar-refractivity contribution < 1.29 is 9.84 Å². The number of ether oxygens (including phenoxy) is 1. The monoisotopic (exact) mass is 250 g/mol. The molecule has 0 atom stereocenters. The maximum Gasteiger partial charge on any atom is 0.128 e. The van der Waals surface area contributed by atoms with Crippen molar-refractivity contribution in [1.82, 2.24) is 4.98 Å². The maximum atomic E-state index is 9.21. The maximum absolute atomic E-state index is 9.21. The standard InChI is InChI=1S/C15H10N2O2/c16-8-10-9-17-15-6-5-13(7-14(10)15)19-12-3-1-11(18)2-4-12/h1-7,9,17-18H. The Bertz CT molecular complexity index is 767. The van der Waals surface area contributed by atoms with Crippen LogP contribution in [-0.4, -0.2) is 10.1 Å². The minimum atomic E-state index is 0.195. The van der Waals surface area contributed by atoms with E-state index in [1.807, 2.05) is 18.2 Å². The fourth-order valence-electron chi connectivity index (χ4n) is 1.91. The van der Waals surface area contributed by atoms with Crippen LogP contribution >= 0.6 is 0 Å². The molecule has 19 heavy (non-hydrogen) atoms. The Kier molecular flexibility index (Phi) is 2.58. The summed E-state index contributed by atoms with van der Waals surface area (Å²) in [5, 5.41) is 19.0. The molecule has 0 bridgehead atoms. The fraction of sp³-hybridized carbons (Fsp3) is 0. The van der Waals surface area contributed by atoms with Crippen molar-refractivity contribution in [2.24, 2.45) is 0 Å². The lowest BCUT2D eigenvalue weighted by Crippen LogP contribution is -1.83. The number of fused-ring (bicyclic) bond motifs is 1. The van der Waals surface area contributed by atoms with Crippen molar-refractivity contribution in [3.8, 4) is 23.3 Å². The molecule has 92 valence electrons. The highest BCUT2D eigenvalue weighted by molar-refractivity contribution is 5.86. The van der Waals surface area contributed by atoms with Gasteiger partial charge in [-0.15, -0.1) is 0 Å². The summed E-state index contributed by atoms with van der Waals surface area (Å²) >= 11 is 0. The van der Waals surface area contributed by atoms with E-state index < -0.39 is 0 Å². The zero-order chi connectivity index (χ0) is 13.2. The van der Waals surface area contributed by atoms with Crippen LogP contribution in [0, 0.1) is 11.3 Å². The van der Waals surface area contributed by atoms with Gasteiger partial charge in [0.05, 0.1) is 5.56 Å². The van der Waals surface area contributed by atoms with Gasteiger partial charge in [-0.1, -0.05) is 0 Å². The number of aromatic nitrogens is 1. The number of rotatable bonds is 2. The van der Waals surface area contributed by atoms with Gasteiger partial charge in [-0.2, -0.15) is 5.26 Å². The molecule has 0 fully saturated rings. The number of H-pyrrole nitrogens is 1. The third kappa shape index (κ3) is 2.09. The lowest BCUT2D eigenvalue weighted by molar-refractivity contribution is 0.464. The zero-order valence-electron chi connectivity index (χ0n) is 9.92. The normalized spacial score (nSPS) is 10.3. The molecular weight excluding hydrogens is 240 g/mol. The van der Waals surface area contributed by atoms with E-state index in [4.69, 9.17) is 10.00 Å². The molecule has 0 aliphatic heterocycles. The second kappa shape index (κ2) is 4.39. The molecule has 4 nitrogen and oxygen atoms in total. The first-order chi connectivity index (χ1) is 9.26. The number of nitriles is 1. The number of hydrogen-bond donors (Lipinski definition) is 2. The Hall–Kier alpha value is -2.93. The van der Waals surface area contributed by atoms with Crippen molar-refractivity contribution in [2.45, 2.75) is 0 Å². The van der Waals surface area contributed by atoms with Gasteiger partial charge in [-0.25, -0.2) is 0 Å². The van der Waals surface area contributed by atoms with Crippen molar-refractivity contribution >= 4 is 10.9 Å². The summed E-state index contributed by atoms with van der Waals surface area (Å²) in [5.41, 5.74) is 1.49. The summed E-state index contributed by atoms with van der Waals surface area (Å²) in [6.45, 7) is 0. The molecule has 2 N–H and O–H groups in total. The van der Waals surface area contributed by atoms with Crippen molar-refractivity contribution in [3.63, 3.8) is 0 Å². The zero-order valence-corrected chi connectivity index (χ0v) is 9.92. The van der Waals surface area contributed by atoms with E-state index in [2.05, 4.69) is 11.1 Å². The molecule has 2 aromatic carbocycles. The molecule has 0 spiro atoms. The minimum absolute atomic E-state index is 0.195. The van der Waals surface area contributed by atoms with Crippen molar-refractivity contribution in [1.29, 1.82) is 5.26 Å². The van der Waals surface area contributed by atoms with E-state index in [0.29, 0.717) is 17.1 Å². The Morgan fingerprint density at radius 3 is 2.53 bits per heavy atom. The number of benzene rings is 2. The lowest BCUT2D eigenvalue weighted by atomic mass is 10.2. The van der Waals surface area contributed by atoms with E-state index in [1.165, 1.54) is 0 Å². The Labute approximate surface area is 109 Å². The molecule has 0 aliphatic rings. The highest BCUT2D eigenvalue weighted by Gasteiger charge is 2.05. The average Bonchev–Trinajstić information content (AvgIpc) is 2.84. The van der Waals surface area contributed by atoms with Gasteiger partial charge in [0, 0.05) is 17.1 Å². The summed E-state index contributed by atoms with van der Waals surface area (Å²) in [6.07, 6.45) is 1.68. The van der Waals surface area contributed by atoms with Gasteiger partial charge in [-0.3, -0.25) is 0 Å². The van der Waals surface area contributed by atoms with E-state index >= 15 is 0 Å². The number of nitrogens with zero attached hydrogens (tertiary/aromatic N) is 1. The third-order valence-corrected chi connectivity index (χ3v) is 2.85. The number of hydrogen-bond acceptors (Lipinski definition) is 3. The highest BCUT2D eigenvalue weighted by atomic mass is 16.5. The van der Waals surface area contributed by atoms with Crippen LogP contribution in [0.25, 0.3) is 10.9 Å². The molecule has 1 heterocycles. The molecule has 4 heteroatoms. The van der Waals surface area contributed by atoms with Gasteiger partial charge < -0.3 is 14.8 Å². The number of phenolic OH excluding ortho intramolecular Hbond substituents is 1. The minimum Gasteiger partial charge on any atom is -0.508 e. The highest BCUT2D eigenvalue weighted by Crippen LogP contribution is 2.27. The Morgan fingerprint density at radius 2 is 1.79 bits per heavy atom. The number of aromatic hydroxyl groups is 1. The largest absolute Gasteiger partial charge is 0.508 e. The molecule has 1 aromatic heterocycles. The molecule has 3 rings (SSSR count). The van der Waals surface area contributed by atoms with Crippen molar-refractivity contribution in [2.75, 3.05) is 0 Å². The molecule has 0 aliphatic carbocycles. The van der Waals surface area contributed by atoms with Crippen LogP contribution < -0.4 is 4.74 Å². The van der Waals surface area contributed by atoms with Crippen LogP contribution in [0.1, 0.15) is 5.56 Å². The van der Waals surface area contributed by atoms with Crippen LogP contribution in [0.15, 0.2) is 48.7 Å². The predicted molar refractivity (Wildman–Crippen MR) is 71.2 cm³/mol. The van der Waals surface area contributed by atoms with E-state index in [-0.39, 0.29) is 5.75 Å². The third-order valence-electron chi connectivity index (χ3n) is 2.85. The first-order valence-electron chi connectivity index (χ1n) is 5.74. The predicted octanol–water partition coefficient (Wildman–Crippen LogP) is 3.54. The topological polar surface area (TPSA) is 69.0 Å². The molecule has 0 saturated heterocycles. The summed E-state index contributed by atoms with van der Waals surface area (Å²) < 4.78 is 5.68. The van der Waals surface area contributed by atoms with Gasteiger partial charge in [0.1, 0.15) is 23.3 Å². The summed E-state index contributed by atoms with van der Waals surface area (Å²) in [7, 11) is 0. The van der Waals surface area contributed by atoms with Gasteiger partial charge in [0.15, 0.2) is 0 Å². The van der Waals surface area contributed by atoms with E-state index in [1.54, 1.807) is 30.5 Å². The van der Waals surface area contributed by atoms with Gasteiger partial charge in [0.25, 0.3) is 0 Å². The molecule has 0 radical (unpaired) electrons. The van der Waals surface area contributed by atoms with E-state index in [9.17, 15) is 5.11 Å². The SMILES string of the molecule is N#Cc1c[nH]c2ccc(Oc3ccc(O)cc3)cc12. The van der Waals surface area contributed by atoms with Crippen LogP contribution in [0.5, 0.6) is 17.2 Å². The smallest absolute Gasteiger partial charge is 0.128 e. The molecular formula is C15H10N2O2. The van der Waals surface area contributed by atoms with Crippen LogP contribution in [0.4, 0.5) is 0 Å². The summed E-state index contributed by atoms with van der Waals surface area (Å²) in [6, 6.07) is 14.1. The molecule has 3 aromatic rings. The Balaban J connectivity index is 1.97.